The van der Waals surface area contributed by atoms with Gasteiger partial charge in [-0.2, -0.15) is 9.78 Å². The number of benzene rings is 2. The highest BCUT2D eigenvalue weighted by Gasteiger charge is 2.10. The lowest BCUT2D eigenvalue weighted by molar-refractivity contribution is 0.0384. The van der Waals surface area contributed by atoms with Crippen LogP contribution in [0.2, 0.25) is 0 Å². The SMILES string of the molecule is O=c1ccc(-c2ccc(CCN3CCOCC3)cc2)nn1-c1ccccc1. The average Bonchev–Trinajstić information content (AvgIpc) is 2.74. The van der Waals surface area contributed by atoms with Gasteiger partial charge in [0, 0.05) is 31.3 Å². The maximum Gasteiger partial charge on any atom is 0.271 e. The minimum absolute atomic E-state index is 0.132. The van der Waals surface area contributed by atoms with Gasteiger partial charge in [-0.1, -0.05) is 42.5 Å². The molecule has 1 fully saturated rings. The van der Waals surface area contributed by atoms with Crippen molar-refractivity contribution in [3.63, 3.8) is 0 Å². The van der Waals surface area contributed by atoms with Gasteiger partial charge < -0.3 is 4.74 Å². The van der Waals surface area contributed by atoms with Crippen LogP contribution in [0.3, 0.4) is 0 Å². The topological polar surface area (TPSA) is 47.4 Å². The van der Waals surface area contributed by atoms with Crippen LogP contribution in [0.4, 0.5) is 0 Å². The van der Waals surface area contributed by atoms with Crippen molar-refractivity contribution >= 4 is 0 Å². The van der Waals surface area contributed by atoms with E-state index in [0.29, 0.717) is 0 Å². The molecule has 138 valence electrons. The highest BCUT2D eigenvalue weighted by molar-refractivity contribution is 5.59. The Morgan fingerprint density at radius 3 is 2.37 bits per heavy atom. The van der Waals surface area contributed by atoms with Crippen molar-refractivity contribution in [3.05, 3.63) is 82.6 Å². The molecule has 0 N–H and O–H groups in total. The third-order valence-electron chi connectivity index (χ3n) is 4.87. The van der Waals surface area contributed by atoms with E-state index in [4.69, 9.17) is 4.74 Å². The molecule has 5 heteroatoms. The lowest BCUT2D eigenvalue weighted by Crippen LogP contribution is -2.37. The van der Waals surface area contributed by atoms with Crippen molar-refractivity contribution in [2.75, 3.05) is 32.8 Å². The molecule has 2 aromatic carbocycles. The molecule has 3 aromatic rings. The van der Waals surface area contributed by atoms with Gasteiger partial charge in [0.25, 0.3) is 5.56 Å². The van der Waals surface area contributed by atoms with Crippen LogP contribution in [0.25, 0.3) is 16.9 Å². The zero-order valence-corrected chi connectivity index (χ0v) is 15.3. The number of hydrogen-bond acceptors (Lipinski definition) is 4. The van der Waals surface area contributed by atoms with Gasteiger partial charge in [-0.15, -0.1) is 0 Å². The summed E-state index contributed by atoms with van der Waals surface area (Å²) < 4.78 is 6.84. The van der Waals surface area contributed by atoms with Crippen molar-refractivity contribution in [2.24, 2.45) is 0 Å². The van der Waals surface area contributed by atoms with Gasteiger partial charge >= 0.3 is 0 Å². The van der Waals surface area contributed by atoms with E-state index in [2.05, 4.69) is 34.3 Å². The molecule has 0 saturated carbocycles. The first-order valence-electron chi connectivity index (χ1n) is 9.35. The van der Waals surface area contributed by atoms with E-state index in [0.717, 1.165) is 56.2 Å². The second-order valence-corrected chi connectivity index (χ2v) is 6.71. The van der Waals surface area contributed by atoms with Gasteiger partial charge in [0.1, 0.15) is 0 Å². The fraction of sp³-hybridized carbons (Fsp3) is 0.273. The number of nitrogens with zero attached hydrogens (tertiary/aromatic N) is 3. The van der Waals surface area contributed by atoms with Crippen molar-refractivity contribution in [2.45, 2.75) is 6.42 Å². The first kappa shape index (κ1) is 17.6. The molecule has 4 rings (SSSR count). The second-order valence-electron chi connectivity index (χ2n) is 6.71. The van der Waals surface area contributed by atoms with Crippen LogP contribution in [-0.2, 0) is 11.2 Å². The summed E-state index contributed by atoms with van der Waals surface area (Å²) in [5, 5.41) is 4.54. The fourth-order valence-corrected chi connectivity index (χ4v) is 3.27. The molecule has 0 spiro atoms. The van der Waals surface area contributed by atoms with Gasteiger partial charge in [0.2, 0.25) is 0 Å². The van der Waals surface area contributed by atoms with Gasteiger partial charge in [-0.05, 0) is 30.2 Å². The molecule has 1 aliphatic rings. The van der Waals surface area contributed by atoms with Crippen LogP contribution in [0, 0.1) is 0 Å². The van der Waals surface area contributed by atoms with Crippen LogP contribution in [0.15, 0.2) is 71.5 Å². The zero-order valence-electron chi connectivity index (χ0n) is 15.3. The summed E-state index contributed by atoms with van der Waals surface area (Å²) in [6.07, 6.45) is 1.03. The molecule has 0 atom stereocenters. The number of morpholine rings is 1. The molecular weight excluding hydrogens is 338 g/mol. The quantitative estimate of drug-likeness (QED) is 0.701. The van der Waals surface area contributed by atoms with Crippen molar-refractivity contribution in [1.29, 1.82) is 0 Å². The average molecular weight is 361 g/mol. The lowest BCUT2D eigenvalue weighted by atomic mass is 10.1. The Morgan fingerprint density at radius 2 is 1.63 bits per heavy atom. The summed E-state index contributed by atoms with van der Waals surface area (Å²) in [6, 6.07) is 21.3. The minimum atomic E-state index is -0.132. The molecule has 0 amide bonds. The number of aromatic nitrogens is 2. The zero-order chi connectivity index (χ0) is 18.5. The number of ether oxygens (including phenoxy) is 1. The van der Waals surface area contributed by atoms with Crippen LogP contribution in [0.5, 0.6) is 0 Å². The molecule has 2 heterocycles. The predicted molar refractivity (Wildman–Crippen MR) is 106 cm³/mol. The molecule has 1 saturated heterocycles. The summed E-state index contributed by atoms with van der Waals surface area (Å²) in [6.45, 7) is 4.76. The van der Waals surface area contributed by atoms with Crippen LogP contribution < -0.4 is 5.56 Å². The third-order valence-corrected chi connectivity index (χ3v) is 4.87. The molecule has 5 nitrogen and oxygen atoms in total. The highest BCUT2D eigenvalue weighted by atomic mass is 16.5. The molecular formula is C22H23N3O2. The van der Waals surface area contributed by atoms with E-state index in [-0.39, 0.29) is 5.56 Å². The Labute approximate surface area is 158 Å². The van der Waals surface area contributed by atoms with Gasteiger partial charge in [-0.3, -0.25) is 9.69 Å². The van der Waals surface area contributed by atoms with Gasteiger partial charge in [-0.25, -0.2) is 0 Å². The fourth-order valence-electron chi connectivity index (χ4n) is 3.27. The van der Waals surface area contributed by atoms with E-state index >= 15 is 0 Å². The molecule has 0 bridgehead atoms. The maximum absolute atomic E-state index is 12.2. The summed E-state index contributed by atoms with van der Waals surface area (Å²) in [5.74, 6) is 0. The molecule has 0 unspecified atom stereocenters. The lowest BCUT2D eigenvalue weighted by Gasteiger charge is -2.26. The van der Waals surface area contributed by atoms with E-state index in [1.807, 2.05) is 30.3 Å². The first-order valence-corrected chi connectivity index (χ1v) is 9.35. The highest BCUT2D eigenvalue weighted by Crippen LogP contribution is 2.17. The summed E-state index contributed by atoms with van der Waals surface area (Å²) in [7, 11) is 0. The monoisotopic (exact) mass is 361 g/mol. The third kappa shape index (κ3) is 4.32. The normalized spacial score (nSPS) is 15.0. The number of para-hydroxylation sites is 1. The van der Waals surface area contributed by atoms with E-state index in [1.165, 1.54) is 10.2 Å². The predicted octanol–water partition coefficient (Wildman–Crippen LogP) is 2.77. The molecule has 0 radical (unpaired) electrons. The molecule has 0 aliphatic carbocycles. The van der Waals surface area contributed by atoms with E-state index in [9.17, 15) is 4.79 Å². The number of hydrogen-bond donors (Lipinski definition) is 0. The Balaban J connectivity index is 1.49. The van der Waals surface area contributed by atoms with Gasteiger partial charge in [0.05, 0.1) is 24.6 Å². The summed E-state index contributed by atoms with van der Waals surface area (Å²) in [4.78, 5) is 14.6. The van der Waals surface area contributed by atoms with Crippen LogP contribution >= 0.6 is 0 Å². The summed E-state index contributed by atoms with van der Waals surface area (Å²) >= 11 is 0. The second kappa shape index (κ2) is 8.29. The molecule has 27 heavy (non-hydrogen) atoms. The first-order chi connectivity index (χ1) is 13.3. The Morgan fingerprint density at radius 1 is 0.889 bits per heavy atom. The van der Waals surface area contributed by atoms with Crippen molar-refractivity contribution < 1.29 is 4.74 Å². The Bertz CT molecular complexity index is 930. The van der Waals surface area contributed by atoms with Crippen LogP contribution in [0.1, 0.15) is 5.56 Å². The molecule has 1 aromatic heterocycles. The van der Waals surface area contributed by atoms with Gasteiger partial charge in [0.15, 0.2) is 0 Å². The minimum Gasteiger partial charge on any atom is -0.379 e. The smallest absolute Gasteiger partial charge is 0.271 e. The van der Waals surface area contributed by atoms with Crippen molar-refractivity contribution in [3.8, 4) is 16.9 Å². The van der Waals surface area contributed by atoms with E-state index in [1.54, 1.807) is 12.1 Å². The Hall–Kier alpha value is -2.76. The van der Waals surface area contributed by atoms with Crippen molar-refractivity contribution in [1.82, 2.24) is 14.7 Å². The largest absolute Gasteiger partial charge is 0.379 e. The van der Waals surface area contributed by atoms with E-state index < -0.39 is 0 Å². The number of rotatable bonds is 5. The van der Waals surface area contributed by atoms with Crippen LogP contribution in [-0.4, -0.2) is 47.5 Å². The Kier molecular flexibility index (Phi) is 5.42. The maximum atomic E-state index is 12.2. The standard InChI is InChI=1S/C22H23N3O2/c26-22-11-10-21(23-25(22)20-4-2-1-3-5-20)19-8-6-18(7-9-19)12-13-24-14-16-27-17-15-24/h1-11H,12-17H2. The molecule has 1 aliphatic heterocycles. The summed E-state index contributed by atoms with van der Waals surface area (Å²) in [5.41, 5.74) is 3.74.